The molecule has 3 atom stereocenters. The number of hydrogen-bond donors (Lipinski definition) is 0. The van der Waals surface area contributed by atoms with Crippen molar-refractivity contribution in [3.8, 4) is 0 Å². The van der Waals surface area contributed by atoms with Crippen molar-refractivity contribution >= 4 is 23.2 Å². The molecule has 3 rings (SSSR count). The number of hydrogen-bond acceptors (Lipinski definition) is 5. The van der Waals surface area contributed by atoms with Gasteiger partial charge in [0.1, 0.15) is 0 Å². The zero-order valence-corrected chi connectivity index (χ0v) is 16.0. The SMILES string of the molecule is C[C@@H]1CN(C(=O)[C@@H](C)N2CCN(C(=O)c3cccs3)CC2)C[C@@H](C)O1. The van der Waals surface area contributed by atoms with E-state index in [0.29, 0.717) is 26.2 Å². The second-order valence-electron chi connectivity index (χ2n) is 6.98. The van der Waals surface area contributed by atoms with Crippen molar-refractivity contribution in [1.29, 1.82) is 0 Å². The monoisotopic (exact) mass is 365 g/mol. The van der Waals surface area contributed by atoms with E-state index in [1.807, 2.05) is 48.1 Å². The van der Waals surface area contributed by atoms with Crippen LogP contribution in [0.5, 0.6) is 0 Å². The molecule has 2 saturated heterocycles. The lowest BCUT2D eigenvalue weighted by molar-refractivity contribution is -0.148. The zero-order chi connectivity index (χ0) is 18.0. The Morgan fingerprint density at radius 3 is 2.32 bits per heavy atom. The lowest BCUT2D eigenvalue weighted by Gasteiger charge is -2.41. The van der Waals surface area contributed by atoms with Crippen LogP contribution >= 0.6 is 11.3 Å². The van der Waals surface area contributed by atoms with E-state index in [9.17, 15) is 9.59 Å². The Morgan fingerprint density at radius 1 is 1.12 bits per heavy atom. The highest BCUT2D eigenvalue weighted by atomic mass is 32.1. The van der Waals surface area contributed by atoms with E-state index in [4.69, 9.17) is 4.74 Å². The Hall–Kier alpha value is -1.44. The molecule has 25 heavy (non-hydrogen) atoms. The van der Waals surface area contributed by atoms with Crippen molar-refractivity contribution in [3.63, 3.8) is 0 Å². The quantitative estimate of drug-likeness (QED) is 0.815. The number of ether oxygens (including phenoxy) is 1. The molecule has 0 unspecified atom stereocenters. The molecule has 0 spiro atoms. The Labute approximate surface area is 153 Å². The zero-order valence-electron chi connectivity index (χ0n) is 15.2. The summed E-state index contributed by atoms with van der Waals surface area (Å²) in [4.78, 5) is 32.0. The fourth-order valence-corrected chi connectivity index (χ4v) is 4.34. The second kappa shape index (κ2) is 7.85. The number of morpholine rings is 1. The molecule has 0 N–H and O–H groups in total. The lowest BCUT2D eigenvalue weighted by Crippen LogP contribution is -2.58. The van der Waals surface area contributed by atoms with Crippen LogP contribution in [0, 0.1) is 0 Å². The van der Waals surface area contributed by atoms with Crippen molar-refractivity contribution in [3.05, 3.63) is 22.4 Å². The highest BCUT2D eigenvalue weighted by molar-refractivity contribution is 7.12. The van der Waals surface area contributed by atoms with Gasteiger partial charge in [-0.25, -0.2) is 0 Å². The molecule has 0 saturated carbocycles. The van der Waals surface area contributed by atoms with Crippen LogP contribution in [0.2, 0.25) is 0 Å². The maximum absolute atomic E-state index is 12.8. The van der Waals surface area contributed by atoms with E-state index < -0.39 is 0 Å². The molecular weight excluding hydrogens is 338 g/mol. The highest BCUT2D eigenvalue weighted by Crippen LogP contribution is 2.17. The molecule has 6 nitrogen and oxygen atoms in total. The molecule has 0 aliphatic carbocycles. The minimum absolute atomic E-state index is 0.0835. The molecule has 7 heteroatoms. The third kappa shape index (κ3) is 4.22. The first-order chi connectivity index (χ1) is 12.0. The number of piperazine rings is 1. The maximum Gasteiger partial charge on any atom is 0.264 e. The molecule has 0 aromatic carbocycles. The predicted octanol–water partition coefficient (Wildman–Crippen LogP) is 1.53. The summed E-state index contributed by atoms with van der Waals surface area (Å²) >= 11 is 1.48. The molecule has 138 valence electrons. The summed E-state index contributed by atoms with van der Waals surface area (Å²) in [6.45, 7) is 10.1. The van der Waals surface area contributed by atoms with Crippen molar-refractivity contribution in [2.75, 3.05) is 39.3 Å². The summed E-state index contributed by atoms with van der Waals surface area (Å²) in [6.07, 6.45) is 0.167. The Balaban J connectivity index is 1.53. The van der Waals surface area contributed by atoms with E-state index in [1.54, 1.807) is 0 Å². The second-order valence-corrected chi connectivity index (χ2v) is 7.93. The average molecular weight is 365 g/mol. The first kappa shape index (κ1) is 18.4. The normalized spacial score (nSPS) is 26.5. The van der Waals surface area contributed by atoms with Gasteiger partial charge in [-0.15, -0.1) is 11.3 Å². The van der Waals surface area contributed by atoms with Gasteiger partial charge in [0.05, 0.1) is 23.1 Å². The number of carbonyl (C=O) groups excluding carboxylic acids is 2. The largest absolute Gasteiger partial charge is 0.372 e. The predicted molar refractivity (Wildman–Crippen MR) is 97.8 cm³/mol. The van der Waals surface area contributed by atoms with Crippen molar-refractivity contribution < 1.29 is 14.3 Å². The van der Waals surface area contributed by atoms with Gasteiger partial charge >= 0.3 is 0 Å². The fourth-order valence-electron chi connectivity index (χ4n) is 3.65. The van der Waals surface area contributed by atoms with E-state index in [0.717, 1.165) is 18.0 Å². The maximum atomic E-state index is 12.8. The van der Waals surface area contributed by atoms with Crippen LogP contribution in [0.4, 0.5) is 0 Å². The number of carbonyl (C=O) groups is 2. The number of rotatable bonds is 3. The van der Waals surface area contributed by atoms with Crippen molar-refractivity contribution in [2.24, 2.45) is 0 Å². The third-order valence-electron chi connectivity index (χ3n) is 4.97. The minimum atomic E-state index is -0.156. The lowest BCUT2D eigenvalue weighted by atomic mass is 10.1. The highest BCUT2D eigenvalue weighted by Gasteiger charge is 2.33. The Morgan fingerprint density at radius 2 is 1.76 bits per heavy atom. The van der Waals surface area contributed by atoms with Crippen molar-refractivity contribution in [2.45, 2.75) is 39.0 Å². The van der Waals surface area contributed by atoms with Gasteiger partial charge in [0.25, 0.3) is 5.91 Å². The topological polar surface area (TPSA) is 53.1 Å². The van der Waals surface area contributed by atoms with Crippen LogP contribution in [0.1, 0.15) is 30.4 Å². The third-order valence-corrected chi connectivity index (χ3v) is 5.83. The summed E-state index contributed by atoms with van der Waals surface area (Å²) in [7, 11) is 0. The molecule has 3 heterocycles. The minimum Gasteiger partial charge on any atom is -0.372 e. The number of thiophene rings is 1. The van der Waals surface area contributed by atoms with Gasteiger partial charge in [0.2, 0.25) is 5.91 Å². The van der Waals surface area contributed by atoms with Gasteiger partial charge in [0, 0.05) is 39.3 Å². The number of nitrogens with zero attached hydrogens (tertiary/aromatic N) is 3. The van der Waals surface area contributed by atoms with Gasteiger partial charge in [-0.2, -0.15) is 0 Å². The van der Waals surface area contributed by atoms with Gasteiger partial charge in [0.15, 0.2) is 0 Å². The van der Waals surface area contributed by atoms with Crippen LogP contribution in [0.25, 0.3) is 0 Å². The summed E-state index contributed by atoms with van der Waals surface area (Å²) < 4.78 is 5.72. The molecule has 2 aliphatic heterocycles. The summed E-state index contributed by atoms with van der Waals surface area (Å²) in [6, 6.07) is 3.61. The first-order valence-electron chi connectivity index (χ1n) is 8.96. The molecule has 2 aliphatic rings. The first-order valence-corrected chi connectivity index (χ1v) is 9.84. The standard InChI is InChI=1S/C18H27N3O3S/c1-13-11-21(12-14(2)24-13)17(22)15(3)19-6-8-20(9-7-19)18(23)16-5-4-10-25-16/h4-5,10,13-15H,6-9,11-12H2,1-3H3/t13-,14-,15-/m1/s1. The van der Waals surface area contributed by atoms with Gasteiger partial charge in [-0.3, -0.25) is 14.5 Å². The van der Waals surface area contributed by atoms with E-state index in [2.05, 4.69) is 4.90 Å². The molecular formula is C18H27N3O3S. The molecule has 1 aromatic rings. The van der Waals surface area contributed by atoms with E-state index in [-0.39, 0.29) is 30.1 Å². The summed E-state index contributed by atoms with van der Waals surface area (Å²) in [5.74, 6) is 0.268. The molecule has 1 aromatic heterocycles. The van der Waals surface area contributed by atoms with Gasteiger partial charge in [-0.1, -0.05) is 6.07 Å². The van der Waals surface area contributed by atoms with Crippen LogP contribution in [0.15, 0.2) is 17.5 Å². The number of amides is 2. The van der Waals surface area contributed by atoms with Crippen LogP contribution in [-0.4, -0.2) is 84.0 Å². The molecule has 2 fully saturated rings. The fraction of sp³-hybridized carbons (Fsp3) is 0.667. The van der Waals surface area contributed by atoms with E-state index in [1.165, 1.54) is 11.3 Å². The summed E-state index contributed by atoms with van der Waals surface area (Å²) in [5, 5.41) is 1.93. The van der Waals surface area contributed by atoms with Gasteiger partial charge < -0.3 is 14.5 Å². The van der Waals surface area contributed by atoms with Crippen LogP contribution < -0.4 is 0 Å². The van der Waals surface area contributed by atoms with Gasteiger partial charge in [-0.05, 0) is 32.2 Å². The average Bonchev–Trinajstić information content (AvgIpc) is 3.14. The Kier molecular flexibility index (Phi) is 5.76. The van der Waals surface area contributed by atoms with Crippen LogP contribution in [0.3, 0.4) is 0 Å². The van der Waals surface area contributed by atoms with E-state index >= 15 is 0 Å². The Bertz CT molecular complexity index is 589. The summed E-state index contributed by atoms with van der Waals surface area (Å²) in [5.41, 5.74) is 0. The smallest absolute Gasteiger partial charge is 0.264 e. The molecule has 0 bridgehead atoms. The molecule has 2 amide bonds. The molecule has 0 radical (unpaired) electrons. The van der Waals surface area contributed by atoms with Crippen molar-refractivity contribution in [1.82, 2.24) is 14.7 Å². The van der Waals surface area contributed by atoms with Crippen LogP contribution in [-0.2, 0) is 9.53 Å².